The summed E-state index contributed by atoms with van der Waals surface area (Å²) in [5.41, 5.74) is 3.07. The summed E-state index contributed by atoms with van der Waals surface area (Å²) in [4.78, 5) is 11.5. The SMILES string of the molecule is CC(=O)c1cccn1-c1ccc(C(C)C)cc1. The second-order valence-corrected chi connectivity index (χ2v) is 4.57. The van der Waals surface area contributed by atoms with Crippen molar-refractivity contribution in [2.24, 2.45) is 0 Å². The van der Waals surface area contributed by atoms with Crippen LogP contribution in [0.3, 0.4) is 0 Å². The summed E-state index contributed by atoms with van der Waals surface area (Å²) in [6.45, 7) is 5.94. The van der Waals surface area contributed by atoms with Crippen LogP contribution in [0.2, 0.25) is 0 Å². The number of carbonyl (C=O) groups excluding carboxylic acids is 1. The Morgan fingerprint density at radius 2 is 1.76 bits per heavy atom. The predicted octanol–water partition coefficient (Wildman–Crippen LogP) is 3.80. The van der Waals surface area contributed by atoms with Crippen LogP contribution in [0, 0.1) is 0 Å². The van der Waals surface area contributed by atoms with E-state index in [0.717, 1.165) is 11.4 Å². The van der Waals surface area contributed by atoms with Crippen LogP contribution >= 0.6 is 0 Å². The molecule has 0 aliphatic heterocycles. The summed E-state index contributed by atoms with van der Waals surface area (Å²) >= 11 is 0. The molecule has 0 radical (unpaired) electrons. The minimum Gasteiger partial charge on any atom is -0.314 e. The van der Waals surface area contributed by atoms with Gasteiger partial charge < -0.3 is 4.57 Å². The zero-order chi connectivity index (χ0) is 12.4. The van der Waals surface area contributed by atoms with E-state index < -0.39 is 0 Å². The van der Waals surface area contributed by atoms with Crippen molar-refractivity contribution in [2.75, 3.05) is 0 Å². The van der Waals surface area contributed by atoms with Crippen LogP contribution in [0.1, 0.15) is 42.7 Å². The maximum Gasteiger partial charge on any atom is 0.176 e. The van der Waals surface area contributed by atoms with Crippen LogP contribution in [0.5, 0.6) is 0 Å². The lowest BCUT2D eigenvalue weighted by molar-refractivity contribution is 0.101. The third-order valence-electron chi connectivity index (χ3n) is 2.95. The van der Waals surface area contributed by atoms with Gasteiger partial charge in [-0.3, -0.25) is 4.79 Å². The molecule has 0 unspecified atom stereocenters. The number of hydrogen-bond acceptors (Lipinski definition) is 1. The lowest BCUT2D eigenvalue weighted by atomic mass is 10.0. The normalized spacial score (nSPS) is 10.8. The lowest BCUT2D eigenvalue weighted by Crippen LogP contribution is -2.03. The molecule has 2 heteroatoms. The number of carbonyl (C=O) groups is 1. The summed E-state index contributed by atoms with van der Waals surface area (Å²) in [5, 5.41) is 0. The molecule has 1 aromatic heterocycles. The minimum absolute atomic E-state index is 0.0861. The van der Waals surface area contributed by atoms with Gasteiger partial charge >= 0.3 is 0 Å². The van der Waals surface area contributed by atoms with Gasteiger partial charge in [0.05, 0.1) is 5.69 Å². The first-order valence-corrected chi connectivity index (χ1v) is 5.88. The van der Waals surface area contributed by atoms with Gasteiger partial charge in [-0.25, -0.2) is 0 Å². The highest BCUT2D eigenvalue weighted by atomic mass is 16.1. The van der Waals surface area contributed by atoms with Crippen molar-refractivity contribution in [2.45, 2.75) is 26.7 Å². The Labute approximate surface area is 102 Å². The Balaban J connectivity index is 2.40. The second-order valence-electron chi connectivity index (χ2n) is 4.57. The van der Waals surface area contributed by atoms with Crippen LogP contribution < -0.4 is 0 Å². The van der Waals surface area contributed by atoms with Crippen molar-refractivity contribution in [3.8, 4) is 5.69 Å². The van der Waals surface area contributed by atoms with E-state index in [1.807, 2.05) is 22.9 Å². The molecule has 0 N–H and O–H groups in total. The van der Waals surface area contributed by atoms with E-state index in [4.69, 9.17) is 0 Å². The van der Waals surface area contributed by atoms with Gasteiger partial charge in [-0.2, -0.15) is 0 Å². The zero-order valence-electron chi connectivity index (χ0n) is 10.5. The average molecular weight is 227 g/mol. The number of ketones is 1. The van der Waals surface area contributed by atoms with E-state index in [9.17, 15) is 4.79 Å². The number of benzene rings is 1. The fourth-order valence-corrected chi connectivity index (χ4v) is 1.91. The molecule has 1 aromatic carbocycles. The highest BCUT2D eigenvalue weighted by molar-refractivity contribution is 5.93. The quantitative estimate of drug-likeness (QED) is 0.731. The van der Waals surface area contributed by atoms with E-state index >= 15 is 0 Å². The molecular weight excluding hydrogens is 210 g/mol. The summed E-state index contributed by atoms with van der Waals surface area (Å²) in [7, 11) is 0. The third-order valence-corrected chi connectivity index (χ3v) is 2.95. The molecule has 0 fully saturated rings. The fraction of sp³-hybridized carbons (Fsp3) is 0.267. The first kappa shape index (κ1) is 11.6. The molecule has 2 rings (SSSR count). The molecule has 0 aliphatic carbocycles. The molecular formula is C15H17NO. The van der Waals surface area contributed by atoms with Gasteiger partial charge in [-0.15, -0.1) is 0 Å². The Bertz CT molecular complexity index is 520. The van der Waals surface area contributed by atoms with Crippen molar-refractivity contribution in [1.82, 2.24) is 4.57 Å². The standard InChI is InChI=1S/C15H17NO/c1-11(2)13-6-8-14(9-7-13)16-10-4-5-15(16)12(3)17/h4-11H,1-3H3. The monoisotopic (exact) mass is 227 g/mol. The van der Waals surface area contributed by atoms with Crippen LogP contribution in [0.15, 0.2) is 42.6 Å². The number of aromatic nitrogens is 1. The van der Waals surface area contributed by atoms with E-state index in [2.05, 4.69) is 38.1 Å². The smallest absolute Gasteiger partial charge is 0.176 e. The van der Waals surface area contributed by atoms with E-state index in [0.29, 0.717) is 5.92 Å². The van der Waals surface area contributed by atoms with E-state index in [1.165, 1.54) is 5.56 Å². The maximum atomic E-state index is 11.5. The van der Waals surface area contributed by atoms with Crippen molar-refractivity contribution in [1.29, 1.82) is 0 Å². The van der Waals surface area contributed by atoms with Crippen LogP contribution in [0.25, 0.3) is 5.69 Å². The molecule has 1 heterocycles. The van der Waals surface area contributed by atoms with Gasteiger partial charge in [0, 0.05) is 18.8 Å². The van der Waals surface area contributed by atoms with Gasteiger partial charge in [0.1, 0.15) is 0 Å². The van der Waals surface area contributed by atoms with Crippen molar-refractivity contribution < 1.29 is 4.79 Å². The first-order chi connectivity index (χ1) is 8.09. The molecule has 0 bridgehead atoms. The molecule has 0 saturated carbocycles. The van der Waals surface area contributed by atoms with Crippen molar-refractivity contribution in [3.05, 3.63) is 53.9 Å². The largest absolute Gasteiger partial charge is 0.314 e. The predicted molar refractivity (Wildman–Crippen MR) is 69.9 cm³/mol. The van der Waals surface area contributed by atoms with Crippen LogP contribution in [-0.2, 0) is 0 Å². The molecule has 2 nitrogen and oxygen atoms in total. The highest BCUT2D eigenvalue weighted by Gasteiger charge is 2.07. The molecule has 0 spiro atoms. The first-order valence-electron chi connectivity index (χ1n) is 5.88. The van der Waals surface area contributed by atoms with Gasteiger partial charge in [0.15, 0.2) is 5.78 Å². The minimum atomic E-state index is 0.0861. The number of nitrogens with zero attached hydrogens (tertiary/aromatic N) is 1. The molecule has 2 aromatic rings. The number of Topliss-reactive ketones (excluding diaryl/α,β-unsaturated/α-hetero) is 1. The molecule has 88 valence electrons. The molecule has 0 aliphatic rings. The molecule has 17 heavy (non-hydrogen) atoms. The molecule has 0 saturated heterocycles. The lowest BCUT2D eigenvalue weighted by Gasteiger charge is -2.09. The van der Waals surface area contributed by atoms with Crippen LogP contribution in [-0.4, -0.2) is 10.4 Å². The van der Waals surface area contributed by atoms with E-state index in [1.54, 1.807) is 6.92 Å². The Morgan fingerprint density at radius 1 is 1.12 bits per heavy atom. The molecule has 0 atom stereocenters. The molecule has 0 amide bonds. The second kappa shape index (κ2) is 4.58. The summed E-state index contributed by atoms with van der Waals surface area (Å²) < 4.78 is 1.92. The maximum absolute atomic E-state index is 11.5. The van der Waals surface area contributed by atoms with Gasteiger partial charge in [0.2, 0.25) is 0 Å². The van der Waals surface area contributed by atoms with Crippen LogP contribution in [0.4, 0.5) is 0 Å². The van der Waals surface area contributed by atoms with Crippen molar-refractivity contribution in [3.63, 3.8) is 0 Å². The third kappa shape index (κ3) is 2.31. The Morgan fingerprint density at radius 3 is 2.29 bits per heavy atom. The zero-order valence-corrected chi connectivity index (χ0v) is 10.5. The topological polar surface area (TPSA) is 22.0 Å². The fourth-order valence-electron chi connectivity index (χ4n) is 1.91. The Hall–Kier alpha value is -1.83. The van der Waals surface area contributed by atoms with Crippen molar-refractivity contribution >= 4 is 5.78 Å². The van der Waals surface area contributed by atoms with Gasteiger partial charge in [-0.1, -0.05) is 26.0 Å². The summed E-state index contributed by atoms with van der Waals surface area (Å²) in [6.07, 6.45) is 1.92. The number of hydrogen-bond donors (Lipinski definition) is 0. The number of rotatable bonds is 3. The highest BCUT2D eigenvalue weighted by Crippen LogP contribution is 2.18. The van der Waals surface area contributed by atoms with Gasteiger partial charge in [0.25, 0.3) is 0 Å². The van der Waals surface area contributed by atoms with Gasteiger partial charge in [-0.05, 0) is 35.7 Å². The summed E-state index contributed by atoms with van der Waals surface area (Å²) in [5.74, 6) is 0.615. The summed E-state index contributed by atoms with van der Waals surface area (Å²) in [6, 6.07) is 12.1. The van der Waals surface area contributed by atoms with E-state index in [-0.39, 0.29) is 5.78 Å². The Kier molecular flexibility index (Phi) is 3.14. The average Bonchev–Trinajstić information content (AvgIpc) is 2.78.